The number of carbonyl (C=O) groups is 1. The Balaban J connectivity index is 1.60. The number of pyridine rings is 1. The van der Waals surface area contributed by atoms with Crippen LogP contribution in [0.5, 0.6) is 0 Å². The van der Waals surface area contributed by atoms with Gasteiger partial charge in [0.25, 0.3) is 5.91 Å². The van der Waals surface area contributed by atoms with Gasteiger partial charge in [0.1, 0.15) is 5.82 Å². The highest BCUT2D eigenvalue weighted by Crippen LogP contribution is 2.23. The number of carbonyl (C=O) groups excluding carboxylic acids is 1. The van der Waals surface area contributed by atoms with Gasteiger partial charge >= 0.3 is 0 Å². The predicted molar refractivity (Wildman–Crippen MR) is 107 cm³/mol. The van der Waals surface area contributed by atoms with Crippen molar-refractivity contribution in [1.82, 2.24) is 4.98 Å². The van der Waals surface area contributed by atoms with Crippen LogP contribution in [0.15, 0.2) is 60.8 Å². The normalized spacial score (nSPS) is 10.4. The number of amides is 1. The van der Waals surface area contributed by atoms with Crippen LogP contribution in [0, 0.1) is 6.92 Å². The molecule has 3 aromatic rings. The monoisotopic (exact) mass is 385 g/mol. The van der Waals surface area contributed by atoms with Crippen LogP contribution in [0.25, 0.3) is 0 Å². The average molecular weight is 386 g/mol. The number of aryl methyl sites for hydroxylation is 1. The van der Waals surface area contributed by atoms with E-state index in [2.05, 4.69) is 40.7 Å². The molecule has 0 radical (unpaired) electrons. The lowest BCUT2D eigenvalue weighted by molar-refractivity contribution is 0.102. The Morgan fingerprint density at radius 1 is 1.04 bits per heavy atom. The summed E-state index contributed by atoms with van der Waals surface area (Å²) < 4.78 is 0. The van der Waals surface area contributed by atoms with E-state index in [0.29, 0.717) is 27.8 Å². The lowest BCUT2D eigenvalue weighted by Crippen LogP contribution is -2.12. The molecule has 0 bridgehead atoms. The molecule has 0 fully saturated rings. The average Bonchev–Trinajstić information content (AvgIpc) is 2.63. The molecule has 0 aliphatic rings. The molecule has 0 saturated carbocycles. The SMILES string of the molecule is Cc1cccc(CNc2ccc(NC(=O)c3ccc(Cl)c(Cl)c3)cn2)c1. The van der Waals surface area contributed by atoms with Crippen molar-refractivity contribution in [1.29, 1.82) is 0 Å². The van der Waals surface area contributed by atoms with Crippen molar-refractivity contribution in [3.63, 3.8) is 0 Å². The number of hydrogen-bond acceptors (Lipinski definition) is 3. The summed E-state index contributed by atoms with van der Waals surface area (Å²) >= 11 is 11.8. The van der Waals surface area contributed by atoms with E-state index in [-0.39, 0.29) is 5.91 Å². The van der Waals surface area contributed by atoms with Gasteiger partial charge in [-0.1, -0.05) is 53.0 Å². The van der Waals surface area contributed by atoms with Crippen molar-refractivity contribution in [2.45, 2.75) is 13.5 Å². The highest BCUT2D eigenvalue weighted by molar-refractivity contribution is 6.42. The zero-order valence-electron chi connectivity index (χ0n) is 14.1. The van der Waals surface area contributed by atoms with Gasteiger partial charge in [-0.3, -0.25) is 4.79 Å². The molecule has 1 heterocycles. The zero-order valence-corrected chi connectivity index (χ0v) is 15.6. The third-order valence-electron chi connectivity index (χ3n) is 3.76. The van der Waals surface area contributed by atoms with Crippen LogP contribution in [-0.4, -0.2) is 10.9 Å². The highest BCUT2D eigenvalue weighted by Gasteiger charge is 2.09. The van der Waals surface area contributed by atoms with E-state index in [0.717, 1.165) is 5.82 Å². The van der Waals surface area contributed by atoms with Gasteiger partial charge in [-0.05, 0) is 42.8 Å². The van der Waals surface area contributed by atoms with Gasteiger partial charge in [0.15, 0.2) is 0 Å². The highest BCUT2D eigenvalue weighted by atomic mass is 35.5. The van der Waals surface area contributed by atoms with Crippen LogP contribution in [0.3, 0.4) is 0 Å². The summed E-state index contributed by atoms with van der Waals surface area (Å²) in [6, 6.07) is 16.6. The van der Waals surface area contributed by atoms with Crippen LogP contribution >= 0.6 is 23.2 Å². The fourth-order valence-corrected chi connectivity index (χ4v) is 2.73. The molecule has 0 spiro atoms. The van der Waals surface area contributed by atoms with Crippen molar-refractivity contribution in [3.8, 4) is 0 Å². The molecule has 2 N–H and O–H groups in total. The Morgan fingerprint density at radius 2 is 1.88 bits per heavy atom. The molecule has 0 atom stereocenters. The summed E-state index contributed by atoms with van der Waals surface area (Å²) in [5, 5.41) is 6.79. The summed E-state index contributed by atoms with van der Waals surface area (Å²) in [6.45, 7) is 2.75. The number of halogens is 2. The summed E-state index contributed by atoms with van der Waals surface area (Å²) in [4.78, 5) is 16.6. The van der Waals surface area contributed by atoms with E-state index in [1.807, 2.05) is 12.1 Å². The molecule has 26 heavy (non-hydrogen) atoms. The van der Waals surface area contributed by atoms with Crippen molar-refractivity contribution < 1.29 is 4.79 Å². The Bertz CT molecular complexity index is 927. The number of aromatic nitrogens is 1. The van der Waals surface area contributed by atoms with Gasteiger partial charge in [0.2, 0.25) is 0 Å². The molecule has 2 aromatic carbocycles. The Hall–Kier alpha value is -2.56. The first-order valence-electron chi connectivity index (χ1n) is 8.03. The first-order valence-corrected chi connectivity index (χ1v) is 8.79. The van der Waals surface area contributed by atoms with Crippen LogP contribution in [0.1, 0.15) is 21.5 Å². The fraction of sp³-hybridized carbons (Fsp3) is 0.100. The van der Waals surface area contributed by atoms with Crippen LogP contribution < -0.4 is 10.6 Å². The van der Waals surface area contributed by atoms with Crippen molar-refractivity contribution in [3.05, 3.63) is 87.5 Å². The Kier molecular flexibility index (Phi) is 5.76. The predicted octanol–water partition coefficient (Wildman–Crippen LogP) is 5.56. The molecule has 6 heteroatoms. The van der Waals surface area contributed by atoms with Gasteiger partial charge in [-0.25, -0.2) is 4.98 Å². The van der Waals surface area contributed by atoms with Gasteiger partial charge in [-0.15, -0.1) is 0 Å². The maximum absolute atomic E-state index is 12.2. The summed E-state index contributed by atoms with van der Waals surface area (Å²) in [7, 11) is 0. The molecule has 3 rings (SSSR count). The second-order valence-corrected chi connectivity index (χ2v) is 6.67. The second kappa shape index (κ2) is 8.21. The van der Waals surface area contributed by atoms with Gasteiger partial charge in [-0.2, -0.15) is 0 Å². The third kappa shape index (κ3) is 4.75. The molecule has 4 nitrogen and oxygen atoms in total. The van der Waals surface area contributed by atoms with E-state index in [1.165, 1.54) is 17.2 Å². The number of hydrogen-bond donors (Lipinski definition) is 2. The van der Waals surface area contributed by atoms with Crippen LogP contribution in [0.2, 0.25) is 10.0 Å². The van der Waals surface area contributed by atoms with Crippen LogP contribution in [0.4, 0.5) is 11.5 Å². The van der Waals surface area contributed by atoms with Crippen LogP contribution in [-0.2, 0) is 6.54 Å². The molecule has 0 unspecified atom stereocenters. The van der Waals surface area contributed by atoms with Gasteiger partial charge < -0.3 is 10.6 Å². The molecule has 0 aliphatic heterocycles. The molecule has 132 valence electrons. The zero-order chi connectivity index (χ0) is 18.5. The van der Waals surface area contributed by atoms with E-state index in [4.69, 9.17) is 23.2 Å². The maximum Gasteiger partial charge on any atom is 0.255 e. The van der Waals surface area contributed by atoms with Crippen molar-refractivity contribution in [2.24, 2.45) is 0 Å². The fourth-order valence-electron chi connectivity index (χ4n) is 2.43. The van der Waals surface area contributed by atoms with Crippen molar-refractivity contribution >= 4 is 40.6 Å². The molecular formula is C20H17Cl2N3O. The first kappa shape index (κ1) is 18.2. The third-order valence-corrected chi connectivity index (χ3v) is 4.50. The minimum Gasteiger partial charge on any atom is -0.366 e. The first-order chi connectivity index (χ1) is 12.5. The van der Waals surface area contributed by atoms with Crippen molar-refractivity contribution in [2.75, 3.05) is 10.6 Å². The molecule has 0 saturated heterocycles. The van der Waals surface area contributed by atoms with E-state index in [9.17, 15) is 4.79 Å². The second-order valence-electron chi connectivity index (χ2n) is 5.86. The summed E-state index contributed by atoms with van der Waals surface area (Å²) in [5.41, 5.74) is 3.43. The quantitative estimate of drug-likeness (QED) is 0.604. The van der Waals surface area contributed by atoms with E-state index >= 15 is 0 Å². The smallest absolute Gasteiger partial charge is 0.255 e. The number of nitrogens with zero attached hydrogens (tertiary/aromatic N) is 1. The van der Waals surface area contributed by atoms with E-state index in [1.54, 1.807) is 24.4 Å². The summed E-state index contributed by atoms with van der Waals surface area (Å²) in [5.74, 6) is 0.463. The Labute approximate surface area is 162 Å². The topological polar surface area (TPSA) is 54.0 Å². The molecule has 0 aliphatic carbocycles. The summed E-state index contributed by atoms with van der Waals surface area (Å²) in [6.07, 6.45) is 1.61. The Morgan fingerprint density at radius 3 is 2.58 bits per heavy atom. The minimum absolute atomic E-state index is 0.272. The number of nitrogens with one attached hydrogen (secondary N) is 2. The molecular weight excluding hydrogens is 369 g/mol. The minimum atomic E-state index is -0.272. The van der Waals surface area contributed by atoms with E-state index < -0.39 is 0 Å². The standard InChI is InChI=1S/C20H17Cl2N3O/c1-13-3-2-4-14(9-13)11-23-19-8-6-16(12-24-19)25-20(26)15-5-7-17(21)18(22)10-15/h2-10,12H,11H2,1H3,(H,23,24)(H,25,26). The molecule has 1 aromatic heterocycles. The number of benzene rings is 2. The maximum atomic E-state index is 12.2. The lowest BCUT2D eigenvalue weighted by Gasteiger charge is -2.09. The van der Waals surface area contributed by atoms with Gasteiger partial charge in [0.05, 0.1) is 21.9 Å². The lowest BCUT2D eigenvalue weighted by atomic mass is 10.1. The van der Waals surface area contributed by atoms with Gasteiger partial charge in [0, 0.05) is 12.1 Å². The largest absolute Gasteiger partial charge is 0.366 e. The number of rotatable bonds is 5. The number of anilines is 2. The molecule has 1 amide bonds.